The van der Waals surface area contributed by atoms with Crippen molar-refractivity contribution in [2.24, 2.45) is 22.9 Å². The Labute approximate surface area is 150 Å². The fourth-order valence-corrected chi connectivity index (χ4v) is 4.02. The van der Waals surface area contributed by atoms with E-state index < -0.39 is 0 Å². The standard InChI is InChI=1S/C20H21FN4O/c1-11-6-12(2)16(13(3)7-11)9-23-25-10-22-18-15-8-14(21)4-5-17(15)24-19(18)20(25)26/h4-6,8-10,12-13,16,24H,7H2,1-3H3/b23-9-/t12-,13-,16-/m1/s1. The highest BCUT2D eigenvalue weighted by Crippen LogP contribution is 2.32. The Morgan fingerprint density at radius 2 is 2.19 bits per heavy atom. The largest absolute Gasteiger partial charge is 0.349 e. The number of rotatable bonds is 2. The molecule has 26 heavy (non-hydrogen) atoms. The Hall–Kier alpha value is -2.76. The lowest BCUT2D eigenvalue weighted by Crippen LogP contribution is -2.26. The second-order valence-electron chi connectivity index (χ2n) is 7.33. The molecule has 3 aromatic rings. The Bertz CT molecular complexity index is 1110. The van der Waals surface area contributed by atoms with Crippen LogP contribution in [0.1, 0.15) is 27.2 Å². The van der Waals surface area contributed by atoms with Crippen molar-refractivity contribution >= 4 is 28.2 Å². The van der Waals surface area contributed by atoms with E-state index in [1.807, 2.05) is 6.21 Å². The van der Waals surface area contributed by atoms with Crippen LogP contribution in [0.4, 0.5) is 4.39 Å². The van der Waals surface area contributed by atoms with Gasteiger partial charge in [-0.1, -0.05) is 25.5 Å². The number of hydrogen-bond acceptors (Lipinski definition) is 3. The highest BCUT2D eigenvalue weighted by Gasteiger charge is 2.25. The van der Waals surface area contributed by atoms with E-state index in [0.717, 1.165) is 6.42 Å². The molecule has 5 nitrogen and oxygen atoms in total. The molecule has 0 bridgehead atoms. The van der Waals surface area contributed by atoms with Gasteiger partial charge in [0.1, 0.15) is 23.2 Å². The summed E-state index contributed by atoms with van der Waals surface area (Å²) in [6, 6.07) is 4.35. The van der Waals surface area contributed by atoms with Crippen LogP contribution in [0.15, 0.2) is 46.1 Å². The molecule has 6 heteroatoms. The lowest BCUT2D eigenvalue weighted by atomic mass is 9.76. The zero-order valence-electron chi connectivity index (χ0n) is 15.0. The van der Waals surface area contributed by atoms with Crippen LogP contribution in [0.3, 0.4) is 0 Å². The molecule has 2 heterocycles. The molecule has 0 unspecified atom stereocenters. The summed E-state index contributed by atoms with van der Waals surface area (Å²) in [5.41, 5.74) is 2.61. The van der Waals surface area contributed by atoms with E-state index in [2.05, 4.69) is 41.9 Å². The SMILES string of the molecule is CC1=C[C@@H](C)[C@@H](/C=N\n2cnc3c([nH]c4ccc(F)cc43)c2=O)[C@H](C)C1. The van der Waals surface area contributed by atoms with Crippen molar-refractivity contribution in [2.75, 3.05) is 0 Å². The van der Waals surface area contributed by atoms with Crippen LogP contribution in [0.25, 0.3) is 21.9 Å². The minimum atomic E-state index is -0.356. The van der Waals surface area contributed by atoms with Crippen LogP contribution < -0.4 is 5.56 Å². The second kappa shape index (κ2) is 6.20. The number of nitrogens with one attached hydrogen (secondary N) is 1. The van der Waals surface area contributed by atoms with E-state index in [4.69, 9.17) is 0 Å². The van der Waals surface area contributed by atoms with Gasteiger partial charge in [-0.3, -0.25) is 4.79 Å². The Morgan fingerprint density at radius 3 is 2.96 bits per heavy atom. The third kappa shape index (κ3) is 2.75. The van der Waals surface area contributed by atoms with E-state index in [1.165, 1.54) is 28.7 Å². The van der Waals surface area contributed by atoms with Gasteiger partial charge < -0.3 is 4.98 Å². The number of aromatic nitrogens is 3. The first-order chi connectivity index (χ1) is 12.4. The number of H-pyrrole nitrogens is 1. The van der Waals surface area contributed by atoms with Gasteiger partial charge in [0, 0.05) is 23.0 Å². The fraction of sp³-hybridized carbons (Fsp3) is 0.350. The van der Waals surface area contributed by atoms with E-state index in [0.29, 0.717) is 33.8 Å². The summed E-state index contributed by atoms with van der Waals surface area (Å²) in [6.07, 6.45) is 6.57. The maximum atomic E-state index is 13.5. The zero-order chi connectivity index (χ0) is 18.4. The Kier molecular flexibility index (Phi) is 3.98. The Morgan fingerprint density at radius 1 is 1.38 bits per heavy atom. The number of fused-ring (bicyclic) bond motifs is 3. The normalized spacial score (nSPS) is 23.8. The summed E-state index contributed by atoms with van der Waals surface area (Å²) in [5.74, 6) is 0.775. The minimum absolute atomic E-state index is 0.276. The Balaban J connectivity index is 1.75. The predicted octanol–water partition coefficient (Wildman–Crippen LogP) is 4.09. The molecule has 1 aromatic carbocycles. The third-order valence-electron chi connectivity index (χ3n) is 5.27. The first kappa shape index (κ1) is 16.7. The van der Waals surface area contributed by atoms with Crippen molar-refractivity contribution in [1.29, 1.82) is 0 Å². The predicted molar refractivity (Wildman–Crippen MR) is 102 cm³/mol. The van der Waals surface area contributed by atoms with Crippen molar-refractivity contribution in [1.82, 2.24) is 14.6 Å². The number of nitrogens with zero attached hydrogens (tertiary/aromatic N) is 3. The van der Waals surface area contributed by atoms with Crippen LogP contribution >= 0.6 is 0 Å². The van der Waals surface area contributed by atoms with Crippen LogP contribution in [0, 0.1) is 23.6 Å². The molecule has 4 rings (SSSR count). The average molecular weight is 352 g/mol. The summed E-state index contributed by atoms with van der Waals surface area (Å²) in [4.78, 5) is 20.1. The van der Waals surface area contributed by atoms with Gasteiger partial charge in [-0.2, -0.15) is 9.78 Å². The van der Waals surface area contributed by atoms with E-state index in [9.17, 15) is 9.18 Å². The summed E-state index contributed by atoms with van der Waals surface area (Å²) in [5, 5.41) is 4.99. The van der Waals surface area contributed by atoms with Crippen molar-refractivity contribution in [3.63, 3.8) is 0 Å². The highest BCUT2D eigenvalue weighted by molar-refractivity contribution is 6.04. The van der Waals surface area contributed by atoms with Crippen molar-refractivity contribution < 1.29 is 4.39 Å². The van der Waals surface area contributed by atoms with Gasteiger partial charge in [0.25, 0.3) is 5.56 Å². The quantitative estimate of drug-likeness (QED) is 0.558. The number of benzene rings is 1. The van der Waals surface area contributed by atoms with Crippen LogP contribution in [0.5, 0.6) is 0 Å². The van der Waals surface area contributed by atoms with Crippen molar-refractivity contribution in [3.8, 4) is 0 Å². The zero-order valence-corrected chi connectivity index (χ0v) is 15.0. The summed E-state index contributed by atoms with van der Waals surface area (Å²) in [6.45, 7) is 6.54. The molecular weight excluding hydrogens is 331 g/mol. The van der Waals surface area contributed by atoms with Gasteiger partial charge in [-0.25, -0.2) is 9.37 Å². The monoisotopic (exact) mass is 352 g/mol. The molecule has 0 amide bonds. The first-order valence-corrected chi connectivity index (χ1v) is 8.84. The van der Waals surface area contributed by atoms with Gasteiger partial charge in [-0.15, -0.1) is 0 Å². The average Bonchev–Trinajstić information content (AvgIpc) is 2.94. The van der Waals surface area contributed by atoms with Crippen LogP contribution in [-0.4, -0.2) is 20.9 Å². The molecule has 0 saturated heterocycles. The van der Waals surface area contributed by atoms with Gasteiger partial charge in [0.15, 0.2) is 0 Å². The molecule has 0 saturated carbocycles. The summed E-state index contributed by atoms with van der Waals surface area (Å²) < 4.78 is 14.7. The van der Waals surface area contributed by atoms with Crippen molar-refractivity contribution in [2.45, 2.75) is 27.2 Å². The lowest BCUT2D eigenvalue weighted by Gasteiger charge is -2.29. The van der Waals surface area contributed by atoms with Gasteiger partial charge in [0.2, 0.25) is 0 Å². The molecule has 0 fully saturated rings. The number of allylic oxidation sites excluding steroid dienone is 2. The molecular formula is C20H21FN4O. The maximum Gasteiger partial charge on any atom is 0.298 e. The molecule has 134 valence electrons. The minimum Gasteiger partial charge on any atom is -0.349 e. The van der Waals surface area contributed by atoms with E-state index in [-0.39, 0.29) is 17.3 Å². The molecule has 3 atom stereocenters. The number of hydrogen-bond donors (Lipinski definition) is 1. The second-order valence-corrected chi connectivity index (χ2v) is 7.33. The first-order valence-electron chi connectivity index (χ1n) is 8.84. The molecule has 0 spiro atoms. The van der Waals surface area contributed by atoms with Gasteiger partial charge in [0.05, 0.1) is 0 Å². The molecule has 1 aliphatic rings. The van der Waals surface area contributed by atoms with Crippen molar-refractivity contribution in [3.05, 3.63) is 52.3 Å². The van der Waals surface area contributed by atoms with E-state index in [1.54, 1.807) is 6.07 Å². The van der Waals surface area contributed by atoms with Gasteiger partial charge in [-0.05, 0) is 43.4 Å². The highest BCUT2D eigenvalue weighted by atomic mass is 19.1. The lowest BCUT2D eigenvalue weighted by molar-refractivity contribution is 0.361. The molecule has 0 radical (unpaired) electrons. The summed E-state index contributed by atoms with van der Waals surface area (Å²) in [7, 11) is 0. The maximum absolute atomic E-state index is 13.5. The van der Waals surface area contributed by atoms with Crippen LogP contribution in [-0.2, 0) is 0 Å². The topological polar surface area (TPSA) is 63.0 Å². The van der Waals surface area contributed by atoms with Crippen LogP contribution in [0.2, 0.25) is 0 Å². The van der Waals surface area contributed by atoms with Gasteiger partial charge >= 0.3 is 0 Å². The molecule has 2 aromatic heterocycles. The molecule has 1 aliphatic carbocycles. The number of halogens is 1. The summed E-state index contributed by atoms with van der Waals surface area (Å²) >= 11 is 0. The molecule has 0 aliphatic heterocycles. The van der Waals surface area contributed by atoms with E-state index >= 15 is 0 Å². The smallest absolute Gasteiger partial charge is 0.298 e. The fourth-order valence-electron chi connectivity index (χ4n) is 4.02. The number of aromatic amines is 1. The molecule has 1 N–H and O–H groups in total. The third-order valence-corrected chi connectivity index (χ3v) is 5.27.